The molecule has 0 aromatic carbocycles. The number of aryl methyl sites for hydroxylation is 1. The van der Waals surface area contributed by atoms with Crippen LogP contribution >= 0.6 is 0 Å². The number of oxazole rings is 1. The zero-order chi connectivity index (χ0) is 10.8. The summed E-state index contributed by atoms with van der Waals surface area (Å²) < 4.78 is 5.55. The molecule has 0 unspecified atom stereocenters. The molecule has 3 heteroatoms. The van der Waals surface area contributed by atoms with E-state index in [2.05, 4.69) is 4.98 Å². The topological polar surface area (TPSA) is 43.1 Å². The van der Waals surface area contributed by atoms with E-state index in [9.17, 15) is 4.79 Å². The highest BCUT2D eigenvalue weighted by atomic mass is 16.4. The average Bonchev–Trinajstić information content (AvgIpc) is 2.62. The van der Waals surface area contributed by atoms with Crippen LogP contribution in [0, 0.1) is 6.92 Å². The van der Waals surface area contributed by atoms with Gasteiger partial charge in [-0.15, -0.1) is 0 Å². The third-order valence-electron chi connectivity index (χ3n) is 3.09. The number of Topliss-reactive ketones (excluding diaryl/α,β-unsaturated/α-hetero) is 1. The summed E-state index contributed by atoms with van der Waals surface area (Å²) in [5, 5.41) is 0. The number of aromatic nitrogens is 1. The molecule has 0 saturated heterocycles. The minimum absolute atomic E-state index is 0.0259. The summed E-state index contributed by atoms with van der Waals surface area (Å²) in [5.74, 6) is 1.63. The van der Waals surface area contributed by atoms with Crippen molar-refractivity contribution in [2.45, 2.75) is 51.9 Å². The van der Waals surface area contributed by atoms with Crippen molar-refractivity contribution in [3.63, 3.8) is 0 Å². The van der Waals surface area contributed by atoms with Gasteiger partial charge in [0.1, 0.15) is 0 Å². The van der Waals surface area contributed by atoms with Crippen LogP contribution in [0.5, 0.6) is 0 Å². The van der Waals surface area contributed by atoms with Crippen molar-refractivity contribution in [1.82, 2.24) is 4.98 Å². The predicted octanol–water partition coefficient (Wildman–Crippen LogP) is 3.23. The van der Waals surface area contributed by atoms with Gasteiger partial charge in [-0.3, -0.25) is 4.79 Å². The molecular formula is C12H17NO2. The van der Waals surface area contributed by atoms with Gasteiger partial charge in [0, 0.05) is 12.8 Å². The highest BCUT2D eigenvalue weighted by molar-refractivity contribution is 5.92. The van der Waals surface area contributed by atoms with Crippen LogP contribution in [-0.4, -0.2) is 10.8 Å². The Morgan fingerprint density at radius 2 is 2.00 bits per heavy atom. The summed E-state index contributed by atoms with van der Waals surface area (Å²) in [6.45, 7) is 3.37. The maximum atomic E-state index is 11.2. The third kappa shape index (κ3) is 2.11. The summed E-state index contributed by atoms with van der Waals surface area (Å²) in [6.07, 6.45) is 6.12. The second-order valence-electron chi connectivity index (χ2n) is 4.36. The second kappa shape index (κ2) is 4.17. The Bertz CT molecular complexity index is 362. The van der Waals surface area contributed by atoms with Crippen LogP contribution in [0.1, 0.15) is 67.1 Å². The molecule has 2 rings (SSSR count). The van der Waals surface area contributed by atoms with Gasteiger partial charge in [-0.2, -0.15) is 0 Å². The van der Waals surface area contributed by atoms with E-state index in [1.54, 1.807) is 0 Å². The maximum Gasteiger partial charge on any atom is 0.198 e. The Morgan fingerprint density at radius 3 is 2.53 bits per heavy atom. The molecule has 1 aliphatic carbocycles. The van der Waals surface area contributed by atoms with Gasteiger partial charge >= 0.3 is 0 Å². The van der Waals surface area contributed by atoms with E-state index in [0.717, 1.165) is 24.4 Å². The second-order valence-corrected chi connectivity index (χ2v) is 4.36. The van der Waals surface area contributed by atoms with Crippen LogP contribution in [0.2, 0.25) is 0 Å². The molecule has 0 radical (unpaired) electrons. The predicted molar refractivity (Wildman–Crippen MR) is 57.1 cm³/mol. The zero-order valence-electron chi connectivity index (χ0n) is 9.38. The Labute approximate surface area is 89.9 Å². The van der Waals surface area contributed by atoms with Gasteiger partial charge in [-0.05, 0) is 19.8 Å². The van der Waals surface area contributed by atoms with Gasteiger partial charge in [0.25, 0.3) is 0 Å². The third-order valence-corrected chi connectivity index (χ3v) is 3.09. The fourth-order valence-electron chi connectivity index (χ4n) is 2.27. The van der Waals surface area contributed by atoms with E-state index in [1.165, 1.54) is 26.2 Å². The van der Waals surface area contributed by atoms with Crippen LogP contribution in [-0.2, 0) is 0 Å². The molecule has 0 spiro atoms. The minimum Gasteiger partial charge on any atom is -0.437 e. The molecule has 82 valence electrons. The zero-order valence-corrected chi connectivity index (χ0v) is 9.38. The number of nitrogens with zero attached hydrogens (tertiary/aromatic N) is 1. The van der Waals surface area contributed by atoms with Crippen LogP contribution in [0.4, 0.5) is 0 Å². The molecule has 15 heavy (non-hydrogen) atoms. The lowest BCUT2D eigenvalue weighted by atomic mass is 9.89. The molecule has 0 bridgehead atoms. The van der Waals surface area contributed by atoms with Gasteiger partial charge in [-0.1, -0.05) is 19.3 Å². The molecule has 1 fully saturated rings. The Hall–Kier alpha value is -1.12. The minimum atomic E-state index is -0.0259. The van der Waals surface area contributed by atoms with Crippen molar-refractivity contribution in [1.29, 1.82) is 0 Å². The molecule has 1 saturated carbocycles. The lowest BCUT2D eigenvalue weighted by Gasteiger charge is -2.17. The van der Waals surface area contributed by atoms with E-state index in [-0.39, 0.29) is 5.78 Å². The summed E-state index contributed by atoms with van der Waals surface area (Å²) in [7, 11) is 0. The first-order chi connectivity index (χ1) is 7.18. The first kappa shape index (κ1) is 10.4. The first-order valence-corrected chi connectivity index (χ1v) is 5.66. The van der Waals surface area contributed by atoms with Gasteiger partial charge < -0.3 is 4.42 Å². The van der Waals surface area contributed by atoms with Crippen molar-refractivity contribution in [2.24, 2.45) is 0 Å². The standard InChI is InChI=1S/C12H17NO2/c1-8-11(9(2)14)15-12(13-8)10-6-4-3-5-7-10/h10H,3-7H2,1-2H3. The van der Waals surface area contributed by atoms with Crippen molar-refractivity contribution in [2.75, 3.05) is 0 Å². The number of ketones is 1. The van der Waals surface area contributed by atoms with Gasteiger partial charge in [0.15, 0.2) is 17.4 Å². The molecular weight excluding hydrogens is 190 g/mol. The van der Waals surface area contributed by atoms with Crippen molar-refractivity contribution < 1.29 is 9.21 Å². The summed E-state index contributed by atoms with van der Waals surface area (Å²) in [4.78, 5) is 15.6. The molecule has 1 aromatic heterocycles. The van der Waals surface area contributed by atoms with E-state index < -0.39 is 0 Å². The number of hydrogen-bond acceptors (Lipinski definition) is 3. The fraction of sp³-hybridized carbons (Fsp3) is 0.667. The summed E-state index contributed by atoms with van der Waals surface area (Å²) in [6, 6.07) is 0. The molecule has 3 nitrogen and oxygen atoms in total. The molecule has 0 N–H and O–H groups in total. The molecule has 0 atom stereocenters. The maximum absolute atomic E-state index is 11.2. The number of carbonyl (C=O) groups is 1. The van der Waals surface area contributed by atoms with Crippen LogP contribution in [0.25, 0.3) is 0 Å². The van der Waals surface area contributed by atoms with E-state index in [4.69, 9.17) is 4.42 Å². The fourth-order valence-corrected chi connectivity index (χ4v) is 2.27. The van der Waals surface area contributed by atoms with Crippen molar-refractivity contribution in [3.8, 4) is 0 Å². The van der Waals surface area contributed by atoms with Crippen LogP contribution in [0.15, 0.2) is 4.42 Å². The summed E-state index contributed by atoms with van der Waals surface area (Å²) in [5.41, 5.74) is 0.739. The first-order valence-electron chi connectivity index (χ1n) is 5.66. The lowest BCUT2D eigenvalue weighted by molar-refractivity contribution is 0.0983. The molecule has 1 aromatic rings. The molecule has 0 aliphatic heterocycles. The van der Waals surface area contributed by atoms with Gasteiger partial charge in [0.2, 0.25) is 0 Å². The van der Waals surface area contributed by atoms with Gasteiger partial charge in [0.05, 0.1) is 5.69 Å². The SMILES string of the molecule is CC(=O)c1oc(C2CCCCC2)nc1C. The Morgan fingerprint density at radius 1 is 1.33 bits per heavy atom. The van der Waals surface area contributed by atoms with E-state index in [0.29, 0.717) is 11.7 Å². The monoisotopic (exact) mass is 207 g/mol. The van der Waals surface area contributed by atoms with Crippen LogP contribution < -0.4 is 0 Å². The smallest absolute Gasteiger partial charge is 0.198 e. The quantitative estimate of drug-likeness (QED) is 0.699. The number of rotatable bonds is 2. The highest BCUT2D eigenvalue weighted by Gasteiger charge is 2.22. The molecule has 1 aliphatic rings. The number of carbonyl (C=O) groups excluding carboxylic acids is 1. The van der Waals surface area contributed by atoms with Gasteiger partial charge in [-0.25, -0.2) is 4.98 Å². The van der Waals surface area contributed by atoms with Crippen molar-refractivity contribution >= 4 is 5.78 Å². The Balaban J connectivity index is 2.21. The largest absolute Gasteiger partial charge is 0.437 e. The van der Waals surface area contributed by atoms with Crippen LogP contribution in [0.3, 0.4) is 0 Å². The Kier molecular flexibility index (Phi) is 2.89. The normalized spacial score (nSPS) is 18.0. The van der Waals surface area contributed by atoms with E-state index in [1.807, 2.05) is 6.92 Å². The number of hydrogen-bond donors (Lipinski definition) is 0. The average molecular weight is 207 g/mol. The molecule has 1 heterocycles. The highest BCUT2D eigenvalue weighted by Crippen LogP contribution is 2.32. The van der Waals surface area contributed by atoms with Crippen molar-refractivity contribution in [3.05, 3.63) is 17.3 Å². The molecule has 0 amide bonds. The summed E-state index contributed by atoms with van der Waals surface area (Å²) >= 11 is 0. The van der Waals surface area contributed by atoms with E-state index >= 15 is 0 Å². The lowest BCUT2D eigenvalue weighted by Crippen LogP contribution is -2.04.